The monoisotopic (exact) mass is 197 g/mol. The Morgan fingerprint density at radius 1 is 1.27 bits per heavy atom. The Balaban J connectivity index is 2.25. The highest BCUT2D eigenvalue weighted by molar-refractivity contribution is 5.54. The van der Waals surface area contributed by atoms with Crippen molar-refractivity contribution in [1.82, 2.24) is 0 Å². The molecule has 1 aliphatic rings. The molecule has 2 rings (SSSR count). The third-order valence-electron chi connectivity index (χ3n) is 2.48. The van der Waals surface area contributed by atoms with Gasteiger partial charge in [0.1, 0.15) is 0 Å². The summed E-state index contributed by atoms with van der Waals surface area (Å²) in [6.45, 7) is 4.74. The first-order valence-corrected chi connectivity index (χ1v) is 5.21. The summed E-state index contributed by atoms with van der Waals surface area (Å²) in [5, 5.41) is 0. The van der Waals surface area contributed by atoms with E-state index in [-0.39, 0.29) is 0 Å². The van der Waals surface area contributed by atoms with Gasteiger partial charge in [0.2, 0.25) is 0 Å². The lowest BCUT2D eigenvalue weighted by Crippen LogP contribution is -2.23. The summed E-state index contributed by atoms with van der Waals surface area (Å²) in [4.78, 5) is 2.31. The molecule has 1 aromatic carbocycles. The van der Waals surface area contributed by atoms with Crippen LogP contribution in [0.4, 0.5) is 5.69 Å². The normalized spacial score (nSPS) is 14.9. The minimum atomic E-state index is 0.916. The molecule has 0 radical (unpaired) electrons. The molecule has 0 atom stereocenters. The van der Waals surface area contributed by atoms with Gasteiger partial charge < -0.3 is 4.90 Å². The molecule has 0 unspecified atom stereocenters. The maximum absolute atomic E-state index is 3.79. The highest BCUT2D eigenvalue weighted by Gasteiger charge is 2.10. The summed E-state index contributed by atoms with van der Waals surface area (Å²) in [5.41, 5.74) is 2.55. The number of allylic oxidation sites excluding steroid dienone is 3. The maximum Gasteiger partial charge on any atom is 0.0412 e. The molecule has 0 bridgehead atoms. The fourth-order valence-corrected chi connectivity index (χ4v) is 1.76. The summed E-state index contributed by atoms with van der Waals surface area (Å²) in [6, 6.07) is 10.4. The average Bonchev–Trinajstić information content (AvgIpc) is 2.31. The van der Waals surface area contributed by atoms with Crippen LogP contribution in [0.1, 0.15) is 6.42 Å². The standard InChI is InChI=1S/C14H15N/c1-2-8-13-11-6-7-12-15(13)14-9-4-3-5-10-14/h2-7,9-11H,1,8,12H2. The molecule has 1 heterocycles. The van der Waals surface area contributed by atoms with Crippen LogP contribution in [0.15, 0.2) is 66.9 Å². The Labute approximate surface area is 91.0 Å². The van der Waals surface area contributed by atoms with Gasteiger partial charge in [-0.3, -0.25) is 0 Å². The van der Waals surface area contributed by atoms with Crippen molar-refractivity contribution in [3.63, 3.8) is 0 Å². The third kappa shape index (κ3) is 2.18. The van der Waals surface area contributed by atoms with Crippen molar-refractivity contribution < 1.29 is 0 Å². The molecule has 15 heavy (non-hydrogen) atoms. The van der Waals surface area contributed by atoms with Crippen LogP contribution in [0.2, 0.25) is 0 Å². The quantitative estimate of drug-likeness (QED) is 0.670. The summed E-state index contributed by atoms with van der Waals surface area (Å²) in [5.74, 6) is 0. The zero-order valence-electron chi connectivity index (χ0n) is 8.76. The molecule has 0 amide bonds. The minimum absolute atomic E-state index is 0.916. The first kappa shape index (κ1) is 9.78. The van der Waals surface area contributed by atoms with E-state index in [2.05, 4.69) is 54.0 Å². The van der Waals surface area contributed by atoms with Crippen molar-refractivity contribution in [3.05, 3.63) is 66.9 Å². The summed E-state index contributed by atoms with van der Waals surface area (Å²) < 4.78 is 0. The summed E-state index contributed by atoms with van der Waals surface area (Å²) in [6.07, 6.45) is 9.29. The number of anilines is 1. The van der Waals surface area contributed by atoms with Crippen molar-refractivity contribution in [1.29, 1.82) is 0 Å². The van der Waals surface area contributed by atoms with Gasteiger partial charge in [0.05, 0.1) is 0 Å². The molecule has 0 fully saturated rings. The molecule has 0 saturated heterocycles. The maximum atomic E-state index is 3.79. The molecule has 0 aromatic heterocycles. The highest BCUT2D eigenvalue weighted by Crippen LogP contribution is 2.23. The SMILES string of the molecule is C=CCC1=CC=CCN1c1ccccc1. The number of hydrogen-bond acceptors (Lipinski definition) is 1. The van der Waals surface area contributed by atoms with E-state index in [0.717, 1.165) is 13.0 Å². The van der Waals surface area contributed by atoms with Crippen molar-refractivity contribution in [2.75, 3.05) is 11.4 Å². The van der Waals surface area contributed by atoms with Gasteiger partial charge >= 0.3 is 0 Å². The van der Waals surface area contributed by atoms with Gasteiger partial charge in [-0.15, -0.1) is 6.58 Å². The molecule has 0 aliphatic carbocycles. The lowest BCUT2D eigenvalue weighted by atomic mass is 10.1. The van der Waals surface area contributed by atoms with Crippen LogP contribution < -0.4 is 4.90 Å². The Morgan fingerprint density at radius 2 is 2.07 bits per heavy atom. The zero-order valence-corrected chi connectivity index (χ0v) is 8.76. The van der Waals surface area contributed by atoms with Crippen LogP contribution in [0.5, 0.6) is 0 Å². The molecule has 0 N–H and O–H groups in total. The van der Waals surface area contributed by atoms with E-state index in [1.165, 1.54) is 11.4 Å². The number of rotatable bonds is 3. The Kier molecular flexibility index (Phi) is 3.03. The molecular formula is C14H15N. The predicted molar refractivity (Wildman–Crippen MR) is 65.8 cm³/mol. The van der Waals surface area contributed by atoms with Gasteiger partial charge in [0.25, 0.3) is 0 Å². The van der Waals surface area contributed by atoms with Crippen molar-refractivity contribution in [2.24, 2.45) is 0 Å². The minimum Gasteiger partial charge on any atom is -0.341 e. The smallest absolute Gasteiger partial charge is 0.0412 e. The average molecular weight is 197 g/mol. The molecule has 1 nitrogen and oxygen atoms in total. The van der Waals surface area contributed by atoms with Crippen LogP contribution in [0.25, 0.3) is 0 Å². The van der Waals surface area contributed by atoms with E-state index in [9.17, 15) is 0 Å². The molecule has 1 heteroatoms. The van der Waals surface area contributed by atoms with E-state index in [4.69, 9.17) is 0 Å². The second-order valence-electron chi connectivity index (χ2n) is 3.53. The van der Waals surface area contributed by atoms with Crippen molar-refractivity contribution >= 4 is 5.69 Å². The van der Waals surface area contributed by atoms with Crippen LogP contribution in [-0.4, -0.2) is 6.54 Å². The predicted octanol–water partition coefficient (Wildman–Crippen LogP) is 3.52. The zero-order chi connectivity index (χ0) is 10.5. The van der Waals surface area contributed by atoms with E-state index in [1.807, 2.05) is 12.1 Å². The van der Waals surface area contributed by atoms with Gasteiger partial charge in [0, 0.05) is 24.4 Å². The lowest BCUT2D eigenvalue weighted by Gasteiger charge is -2.27. The van der Waals surface area contributed by atoms with Crippen LogP contribution in [0, 0.1) is 0 Å². The van der Waals surface area contributed by atoms with Crippen LogP contribution in [0.3, 0.4) is 0 Å². The highest BCUT2D eigenvalue weighted by atomic mass is 15.1. The van der Waals surface area contributed by atoms with E-state index in [1.54, 1.807) is 0 Å². The van der Waals surface area contributed by atoms with E-state index in [0.29, 0.717) is 0 Å². The fourth-order valence-electron chi connectivity index (χ4n) is 1.76. The summed E-state index contributed by atoms with van der Waals surface area (Å²) in [7, 11) is 0. The molecular weight excluding hydrogens is 182 g/mol. The number of nitrogens with zero attached hydrogens (tertiary/aromatic N) is 1. The van der Waals surface area contributed by atoms with Crippen LogP contribution >= 0.6 is 0 Å². The van der Waals surface area contributed by atoms with Gasteiger partial charge in [0.15, 0.2) is 0 Å². The Bertz CT molecular complexity index is 387. The molecule has 1 aliphatic heterocycles. The first-order chi connectivity index (χ1) is 7.42. The molecule has 1 aromatic rings. The number of benzene rings is 1. The third-order valence-corrected chi connectivity index (χ3v) is 2.48. The number of para-hydroxylation sites is 1. The fraction of sp³-hybridized carbons (Fsp3) is 0.143. The van der Waals surface area contributed by atoms with Gasteiger partial charge in [-0.05, 0) is 18.2 Å². The Hall–Kier alpha value is -1.76. The first-order valence-electron chi connectivity index (χ1n) is 5.21. The van der Waals surface area contributed by atoms with Crippen molar-refractivity contribution in [3.8, 4) is 0 Å². The van der Waals surface area contributed by atoms with Gasteiger partial charge in [-0.1, -0.05) is 36.4 Å². The van der Waals surface area contributed by atoms with E-state index >= 15 is 0 Å². The second-order valence-corrected chi connectivity index (χ2v) is 3.53. The summed E-state index contributed by atoms with van der Waals surface area (Å²) >= 11 is 0. The molecule has 0 spiro atoms. The largest absolute Gasteiger partial charge is 0.341 e. The lowest BCUT2D eigenvalue weighted by molar-refractivity contribution is 0.952. The van der Waals surface area contributed by atoms with Crippen LogP contribution in [-0.2, 0) is 0 Å². The second kappa shape index (κ2) is 4.65. The number of hydrogen-bond donors (Lipinski definition) is 0. The Morgan fingerprint density at radius 3 is 2.80 bits per heavy atom. The topological polar surface area (TPSA) is 3.24 Å². The molecule has 76 valence electrons. The van der Waals surface area contributed by atoms with Crippen molar-refractivity contribution in [2.45, 2.75) is 6.42 Å². The van der Waals surface area contributed by atoms with Gasteiger partial charge in [-0.2, -0.15) is 0 Å². The van der Waals surface area contributed by atoms with Gasteiger partial charge in [-0.25, -0.2) is 0 Å². The van der Waals surface area contributed by atoms with E-state index < -0.39 is 0 Å². The molecule has 0 saturated carbocycles.